The minimum atomic E-state index is -1.10. The van der Waals surface area contributed by atoms with Crippen LogP contribution in [0.15, 0.2) is 18.2 Å². The van der Waals surface area contributed by atoms with Crippen LogP contribution in [0.25, 0.3) is 0 Å². The molecule has 1 amide bonds. The smallest absolute Gasteiger partial charge is 0.254 e. The van der Waals surface area contributed by atoms with Crippen molar-refractivity contribution in [1.82, 2.24) is 0 Å². The van der Waals surface area contributed by atoms with Gasteiger partial charge in [-0.3, -0.25) is 4.79 Å². The summed E-state index contributed by atoms with van der Waals surface area (Å²) in [7, 11) is 0. The second-order valence-corrected chi connectivity index (χ2v) is 1.96. The monoisotopic (exact) mass is 159 g/mol. The molecule has 0 heterocycles. The third-order valence-corrected chi connectivity index (χ3v) is 1.21. The number of rotatable bonds is 1. The molecule has 1 rings (SSSR count). The first-order chi connectivity index (χ1) is 5.13. The highest BCUT2D eigenvalue weighted by molar-refractivity contribution is 5.93. The van der Waals surface area contributed by atoms with Crippen molar-refractivity contribution >= 4 is 5.91 Å². The first-order valence-corrected chi connectivity index (χ1v) is 2.86. The number of carbonyl (C=O) groups is 1. The molecule has 2 N–H and O–H groups in total. The highest BCUT2D eigenvalue weighted by Crippen LogP contribution is 2.10. The normalized spacial score (nSPS) is 9.64. The Morgan fingerprint density at radius 3 is 2.00 bits per heavy atom. The van der Waals surface area contributed by atoms with E-state index in [-0.39, 0.29) is 0 Å². The zero-order chi connectivity index (χ0) is 8.43. The number of halogens is 2. The van der Waals surface area contributed by atoms with E-state index in [0.717, 1.165) is 18.2 Å². The molecule has 0 aliphatic rings. The maximum Gasteiger partial charge on any atom is 0.254 e. The molecule has 4 heteroatoms. The third-order valence-electron chi connectivity index (χ3n) is 1.21. The molecule has 2 nitrogen and oxygen atoms in total. The van der Waals surface area contributed by atoms with Gasteiger partial charge >= 0.3 is 0 Å². The molecule has 0 aromatic heterocycles. The fourth-order valence-electron chi connectivity index (χ4n) is 0.733. The van der Waals surface area contributed by atoms with Crippen LogP contribution in [0.3, 0.4) is 0 Å². The highest BCUT2D eigenvalue weighted by atomic mass is 19.1. The van der Waals surface area contributed by atoms with Gasteiger partial charge in [0.25, 0.3) is 5.91 Å². The maximum absolute atomic E-state index is 12.6. The maximum atomic E-state index is 12.6. The van der Waals surface area contributed by atoms with E-state index < -0.39 is 23.1 Å². The molecule has 0 saturated carbocycles. The van der Waals surface area contributed by atoms with Crippen molar-refractivity contribution in [2.75, 3.05) is 0 Å². The van der Waals surface area contributed by atoms with Crippen LogP contribution in [0.4, 0.5) is 8.78 Å². The third kappa shape index (κ3) is 1.34. The summed E-state index contributed by atoms with van der Waals surface area (Å²) in [6.07, 6.45) is 0. The highest BCUT2D eigenvalue weighted by Gasteiger charge is 2.12. The average molecular weight is 159 g/mol. The molecule has 0 atom stereocenters. The Kier molecular flexibility index (Phi) is 1.85. The summed E-state index contributed by atoms with van der Waals surface area (Å²) in [6.45, 7) is 0. The predicted octanol–water partition coefficient (Wildman–Crippen LogP) is 1.06. The molecule has 0 aliphatic carbocycles. The summed E-state index contributed by atoms with van der Waals surface area (Å²) >= 11 is 0. The number of benzene rings is 1. The van der Waals surface area contributed by atoms with Gasteiger partial charge in [-0.2, -0.15) is 0 Å². The van der Waals surface area contributed by atoms with Gasteiger partial charge in [0.05, 0.1) is 0 Å². The number of primary amides is 1. The minimum Gasteiger partial charge on any atom is -0.365 e. The SMILES string of the molecule is [15NH2][13C](=O)c1c(F)cccc1F. The van der Waals surface area contributed by atoms with Gasteiger partial charge in [-0.05, 0) is 12.1 Å². The summed E-state index contributed by atoms with van der Waals surface area (Å²) in [5, 5.41) is 0. The number of nitrogens with two attached hydrogens (primary N) is 1. The van der Waals surface area contributed by atoms with Crippen molar-refractivity contribution in [1.29, 1.82) is 0 Å². The molecule has 0 spiro atoms. The Morgan fingerprint density at radius 1 is 1.27 bits per heavy atom. The molecule has 11 heavy (non-hydrogen) atoms. The van der Waals surface area contributed by atoms with Crippen molar-refractivity contribution in [2.45, 2.75) is 0 Å². The molecule has 58 valence electrons. The lowest BCUT2D eigenvalue weighted by Gasteiger charge is -1.97. The summed E-state index contributed by atoms with van der Waals surface area (Å²) < 4.78 is 25.1. The van der Waals surface area contributed by atoms with Crippen LogP contribution < -0.4 is 5.73 Å². The van der Waals surface area contributed by atoms with E-state index in [4.69, 9.17) is 5.73 Å². The van der Waals surface area contributed by atoms with Crippen LogP contribution in [0.1, 0.15) is 10.4 Å². The predicted molar refractivity (Wildman–Crippen MR) is 34.9 cm³/mol. The van der Waals surface area contributed by atoms with Crippen LogP contribution in [0.2, 0.25) is 0 Å². The Labute approximate surface area is 61.6 Å². The number of amides is 1. The standard InChI is InChI=1S/C7H5F2NO/c8-4-2-1-3-5(9)6(4)7(10)11/h1-3H,(H2,10,11)/i7+1,10+1. The van der Waals surface area contributed by atoms with E-state index in [1.807, 2.05) is 0 Å². The lowest BCUT2D eigenvalue weighted by molar-refractivity contribution is 0.0992. The van der Waals surface area contributed by atoms with Crippen LogP contribution >= 0.6 is 0 Å². The summed E-state index contributed by atoms with van der Waals surface area (Å²) in [4.78, 5) is 10.4. The Bertz CT molecular complexity index is 278. The van der Waals surface area contributed by atoms with Crippen molar-refractivity contribution in [3.05, 3.63) is 35.4 Å². The average Bonchev–Trinajstić information content (AvgIpc) is 1.85. The first-order valence-electron chi connectivity index (χ1n) is 2.86. The van der Waals surface area contributed by atoms with E-state index in [1.165, 1.54) is 0 Å². The molecule has 0 aliphatic heterocycles. The zero-order valence-corrected chi connectivity index (χ0v) is 5.47. The van der Waals surface area contributed by atoms with Crippen molar-refractivity contribution < 1.29 is 13.6 Å². The fraction of sp³-hybridized carbons (Fsp3) is 0. The van der Waals surface area contributed by atoms with Crippen LogP contribution in [-0.4, -0.2) is 5.91 Å². The zero-order valence-electron chi connectivity index (χ0n) is 5.47. The first kappa shape index (κ1) is 7.65. The molecule has 0 radical (unpaired) electrons. The number of hydrogen-bond acceptors (Lipinski definition) is 1. The van der Waals surface area contributed by atoms with Crippen LogP contribution in [0.5, 0.6) is 0 Å². The molecular formula is C7H5F2NO. The fourth-order valence-corrected chi connectivity index (χ4v) is 0.733. The van der Waals surface area contributed by atoms with E-state index in [0.29, 0.717) is 0 Å². The van der Waals surface area contributed by atoms with Crippen molar-refractivity contribution in [2.24, 2.45) is 5.73 Å². The Morgan fingerprint density at radius 2 is 1.73 bits per heavy atom. The molecule has 1 aromatic rings. The van der Waals surface area contributed by atoms with Gasteiger partial charge in [0.15, 0.2) is 0 Å². The summed E-state index contributed by atoms with van der Waals surface area (Å²) in [6, 6.07) is 3.11. The molecule has 0 unspecified atom stereocenters. The minimum absolute atomic E-state index is 0.687. The van der Waals surface area contributed by atoms with Crippen LogP contribution in [-0.2, 0) is 0 Å². The second kappa shape index (κ2) is 2.65. The van der Waals surface area contributed by atoms with E-state index in [2.05, 4.69) is 0 Å². The quantitative estimate of drug-likeness (QED) is 0.483. The lowest BCUT2D eigenvalue weighted by atomic mass is 10.3. The molecular weight excluding hydrogens is 154 g/mol. The molecule has 0 fully saturated rings. The number of hydrogen-bond donors (Lipinski definition) is 1. The van der Waals surface area contributed by atoms with Gasteiger partial charge in [-0.15, -0.1) is 0 Å². The molecule has 1 aromatic carbocycles. The molecule has 0 bridgehead atoms. The van der Waals surface area contributed by atoms with Gasteiger partial charge < -0.3 is 5.73 Å². The number of carbonyl (C=O) groups excluding carboxylic acids is 1. The van der Waals surface area contributed by atoms with Crippen molar-refractivity contribution in [3.8, 4) is 0 Å². The van der Waals surface area contributed by atoms with Gasteiger partial charge in [-0.1, -0.05) is 6.07 Å². The Balaban J connectivity index is 3.32. The van der Waals surface area contributed by atoms with E-state index >= 15 is 0 Å². The largest absolute Gasteiger partial charge is 0.365 e. The van der Waals surface area contributed by atoms with E-state index in [1.54, 1.807) is 0 Å². The lowest BCUT2D eigenvalue weighted by Crippen LogP contribution is -2.15. The van der Waals surface area contributed by atoms with Crippen molar-refractivity contribution in [3.63, 3.8) is 0 Å². The van der Waals surface area contributed by atoms with E-state index in [9.17, 15) is 13.6 Å². The second-order valence-electron chi connectivity index (χ2n) is 1.96. The van der Waals surface area contributed by atoms with Crippen LogP contribution in [0, 0.1) is 11.6 Å². The van der Waals surface area contributed by atoms with Gasteiger partial charge in [0.2, 0.25) is 0 Å². The topological polar surface area (TPSA) is 43.1 Å². The molecule has 0 saturated heterocycles. The summed E-state index contributed by atoms with van der Waals surface area (Å²) in [5.74, 6) is -2.96. The van der Waals surface area contributed by atoms with Gasteiger partial charge in [-0.25, -0.2) is 8.78 Å². The Hall–Kier alpha value is -1.45. The van der Waals surface area contributed by atoms with Gasteiger partial charge in [0.1, 0.15) is 17.2 Å². The van der Waals surface area contributed by atoms with Gasteiger partial charge in [0, 0.05) is 0 Å². The summed E-state index contributed by atoms with van der Waals surface area (Å²) in [5.41, 5.74) is 4.01.